The normalized spacial score (nSPS) is 16.3. The Morgan fingerprint density at radius 1 is 1.06 bits per heavy atom. The average Bonchev–Trinajstić information content (AvgIpc) is 3.64. The lowest BCUT2D eigenvalue weighted by Crippen LogP contribution is -2.46. The first-order chi connectivity index (χ1) is 22.9. The van der Waals surface area contributed by atoms with E-state index < -0.39 is 46.8 Å². The van der Waals surface area contributed by atoms with Gasteiger partial charge in [-0.25, -0.2) is 13.6 Å². The summed E-state index contributed by atoms with van der Waals surface area (Å²) >= 11 is 1.15. The molecule has 0 saturated carbocycles. The molecule has 1 aliphatic rings. The van der Waals surface area contributed by atoms with Gasteiger partial charge in [-0.3, -0.25) is 9.59 Å². The van der Waals surface area contributed by atoms with Crippen LogP contribution < -0.4 is 5.73 Å². The predicted octanol–water partition coefficient (Wildman–Crippen LogP) is 6.80. The number of nitrogens with two attached hydrogens (primary N) is 1. The number of rotatable bonds is 12. The summed E-state index contributed by atoms with van der Waals surface area (Å²) in [6.45, 7) is 13.1. The fraction of sp³-hybridized carbons (Fsp3) is 0.486. The highest BCUT2D eigenvalue weighted by atomic mass is 32.2. The van der Waals surface area contributed by atoms with Crippen LogP contribution >= 0.6 is 11.8 Å². The molecule has 1 aliphatic heterocycles. The third-order valence-electron chi connectivity index (χ3n) is 8.33. The summed E-state index contributed by atoms with van der Waals surface area (Å²) in [4.78, 5) is 42.0. The molecule has 3 aromatic rings. The zero-order chi connectivity index (χ0) is 36.1. The van der Waals surface area contributed by atoms with Crippen LogP contribution in [-0.4, -0.2) is 80.2 Å². The Kier molecular flexibility index (Phi) is 12.2. The fourth-order valence-corrected chi connectivity index (χ4v) is 7.00. The summed E-state index contributed by atoms with van der Waals surface area (Å²) in [6.07, 6.45) is 2.04. The lowest BCUT2D eigenvalue weighted by atomic mass is 9.82. The van der Waals surface area contributed by atoms with Crippen molar-refractivity contribution in [2.24, 2.45) is 17.1 Å². The Morgan fingerprint density at radius 3 is 2.39 bits per heavy atom. The number of carboxylic acid groups (broad SMARTS) is 1. The van der Waals surface area contributed by atoms with E-state index in [1.807, 2.05) is 87.4 Å². The number of aromatic nitrogens is 1. The maximum Gasteiger partial charge on any atom is 0.410 e. The number of aliphatic carboxylic acids is 1. The van der Waals surface area contributed by atoms with Crippen LogP contribution in [0, 0.1) is 23.0 Å². The number of likely N-dealkylation sites (tertiary alicyclic amines) is 1. The molecule has 1 aromatic heterocycles. The van der Waals surface area contributed by atoms with Crippen molar-refractivity contribution in [1.82, 2.24) is 14.4 Å². The summed E-state index contributed by atoms with van der Waals surface area (Å²) < 4.78 is 37.1. The molecule has 0 bridgehead atoms. The van der Waals surface area contributed by atoms with Crippen molar-refractivity contribution in [2.75, 3.05) is 31.1 Å². The lowest BCUT2D eigenvalue weighted by molar-refractivity contribution is -0.138. The summed E-state index contributed by atoms with van der Waals surface area (Å²) in [5, 5.41) is 9.29. The number of amides is 2. The van der Waals surface area contributed by atoms with Crippen molar-refractivity contribution >= 4 is 29.7 Å². The van der Waals surface area contributed by atoms with Crippen molar-refractivity contribution in [2.45, 2.75) is 72.2 Å². The smallest absolute Gasteiger partial charge is 0.410 e. The number of carbonyl (C=O) groups excluding carboxylic acids is 2. The Hall–Kier alpha value is -3.90. The standard InChI is InChI=1S/C37H48F2N4O5S/c1-36(2,3)33(31-16-26(28-17-27(38)12-13-29(28)39)21-42(31)18-24-10-8-7-9-11-24)43(32(44)23-49-22-30(40)34(45)46)20-25-14-15-41(19-25)35(47)48-37(4,5)6/h7-13,16-17,21,25,30,33H,14-15,18-20,22-23,40H2,1-6H3,(H,45,46)/t25?,30-,33?/m0/s1. The van der Waals surface area contributed by atoms with Gasteiger partial charge in [-0.05, 0) is 68.4 Å². The van der Waals surface area contributed by atoms with Crippen LogP contribution in [0.15, 0.2) is 60.8 Å². The van der Waals surface area contributed by atoms with Crippen LogP contribution in [0.4, 0.5) is 13.6 Å². The molecule has 0 radical (unpaired) electrons. The molecule has 1 saturated heterocycles. The van der Waals surface area contributed by atoms with Crippen molar-refractivity contribution in [3.8, 4) is 11.1 Å². The van der Waals surface area contributed by atoms with Crippen LogP contribution in [0.2, 0.25) is 0 Å². The van der Waals surface area contributed by atoms with Gasteiger partial charge < -0.3 is 29.9 Å². The number of benzene rings is 2. The molecule has 4 rings (SSSR count). The first kappa shape index (κ1) is 37.9. The van der Waals surface area contributed by atoms with Gasteiger partial charge in [0.1, 0.15) is 23.3 Å². The second-order valence-corrected chi connectivity index (χ2v) is 15.8. The molecule has 2 amide bonds. The minimum atomic E-state index is -1.14. The highest BCUT2D eigenvalue weighted by Crippen LogP contribution is 2.42. The molecule has 2 unspecified atom stereocenters. The molecule has 2 heterocycles. The first-order valence-electron chi connectivity index (χ1n) is 16.5. The largest absolute Gasteiger partial charge is 0.480 e. The van der Waals surface area contributed by atoms with E-state index in [9.17, 15) is 23.9 Å². The second kappa shape index (κ2) is 15.8. The van der Waals surface area contributed by atoms with E-state index in [0.29, 0.717) is 38.2 Å². The molecule has 0 spiro atoms. The third kappa shape index (κ3) is 10.3. The van der Waals surface area contributed by atoms with Crippen molar-refractivity contribution in [3.63, 3.8) is 0 Å². The number of nitrogens with zero attached hydrogens (tertiary/aromatic N) is 3. The van der Waals surface area contributed by atoms with Gasteiger partial charge in [0.2, 0.25) is 5.91 Å². The third-order valence-corrected chi connectivity index (χ3v) is 9.38. The number of hydrogen-bond acceptors (Lipinski definition) is 6. The van der Waals surface area contributed by atoms with E-state index in [-0.39, 0.29) is 28.9 Å². The Morgan fingerprint density at radius 2 is 1.76 bits per heavy atom. The molecule has 2 aromatic carbocycles. The number of hydrogen-bond donors (Lipinski definition) is 2. The van der Waals surface area contributed by atoms with Gasteiger partial charge in [-0.1, -0.05) is 51.1 Å². The lowest BCUT2D eigenvalue weighted by Gasteiger charge is -2.42. The molecular weight excluding hydrogens is 650 g/mol. The molecule has 9 nitrogen and oxygen atoms in total. The van der Waals surface area contributed by atoms with Crippen molar-refractivity contribution in [3.05, 3.63) is 83.7 Å². The Balaban J connectivity index is 1.77. The monoisotopic (exact) mass is 698 g/mol. The van der Waals surface area contributed by atoms with E-state index in [1.165, 1.54) is 6.07 Å². The quantitative estimate of drug-likeness (QED) is 0.214. The minimum absolute atomic E-state index is 0.0131. The minimum Gasteiger partial charge on any atom is -0.480 e. The maximum absolute atomic E-state index is 15.1. The van der Waals surface area contributed by atoms with E-state index in [1.54, 1.807) is 11.1 Å². The number of thioether (sulfide) groups is 1. The van der Waals surface area contributed by atoms with Gasteiger partial charge in [-0.15, -0.1) is 11.8 Å². The van der Waals surface area contributed by atoms with Crippen molar-refractivity contribution < 1.29 is 33.0 Å². The summed E-state index contributed by atoms with van der Waals surface area (Å²) in [5.41, 5.74) is 6.85. The molecule has 3 atom stereocenters. The molecule has 49 heavy (non-hydrogen) atoms. The molecule has 12 heteroatoms. The molecule has 3 N–H and O–H groups in total. The first-order valence-corrected chi connectivity index (χ1v) is 17.6. The van der Waals surface area contributed by atoms with Crippen LogP contribution in [0.1, 0.15) is 65.3 Å². The van der Waals surface area contributed by atoms with Gasteiger partial charge in [0, 0.05) is 54.9 Å². The van der Waals surface area contributed by atoms with Gasteiger partial charge in [0.15, 0.2) is 0 Å². The topological polar surface area (TPSA) is 118 Å². The number of carboxylic acids is 1. The predicted molar refractivity (Wildman–Crippen MR) is 188 cm³/mol. The van der Waals surface area contributed by atoms with Gasteiger partial charge in [0.25, 0.3) is 0 Å². The molecule has 1 fully saturated rings. The van der Waals surface area contributed by atoms with Gasteiger partial charge in [-0.2, -0.15) is 0 Å². The number of halogens is 2. The molecule has 266 valence electrons. The van der Waals surface area contributed by atoms with Crippen LogP contribution in [0.3, 0.4) is 0 Å². The maximum atomic E-state index is 15.1. The second-order valence-electron chi connectivity index (χ2n) is 14.7. The van der Waals surface area contributed by atoms with Gasteiger partial charge in [0.05, 0.1) is 11.8 Å². The van der Waals surface area contributed by atoms with E-state index in [0.717, 1.165) is 35.2 Å². The van der Waals surface area contributed by atoms with E-state index in [4.69, 9.17) is 10.5 Å². The number of carbonyl (C=O) groups is 3. The Bertz CT molecular complexity index is 1620. The van der Waals surface area contributed by atoms with Crippen molar-refractivity contribution in [1.29, 1.82) is 0 Å². The number of ether oxygens (including phenoxy) is 1. The average molecular weight is 699 g/mol. The zero-order valence-electron chi connectivity index (χ0n) is 29.1. The SMILES string of the molecule is CC(C)(C)OC(=O)N1CCC(CN(C(=O)CSC[C@H](N)C(=O)O)C(c2cc(-c3cc(F)ccc3F)cn2Cc2ccccc2)C(C)(C)C)C1. The summed E-state index contributed by atoms with van der Waals surface area (Å²) in [6, 6.07) is 13.3. The van der Waals surface area contributed by atoms with E-state index in [2.05, 4.69) is 0 Å². The highest BCUT2D eigenvalue weighted by Gasteiger charge is 2.40. The fourth-order valence-electron chi connectivity index (χ4n) is 6.14. The van der Waals surface area contributed by atoms with Crippen LogP contribution in [0.5, 0.6) is 0 Å². The zero-order valence-corrected chi connectivity index (χ0v) is 29.9. The van der Waals surface area contributed by atoms with Crippen LogP contribution in [0.25, 0.3) is 11.1 Å². The van der Waals surface area contributed by atoms with Crippen LogP contribution in [-0.2, 0) is 20.9 Å². The summed E-state index contributed by atoms with van der Waals surface area (Å²) in [7, 11) is 0. The Labute approximate surface area is 291 Å². The molecule has 0 aliphatic carbocycles. The van der Waals surface area contributed by atoms with E-state index >= 15 is 4.39 Å². The highest BCUT2D eigenvalue weighted by molar-refractivity contribution is 8.00. The molecular formula is C37H48F2N4O5S. The summed E-state index contributed by atoms with van der Waals surface area (Å²) in [5.74, 6) is -2.52. The van der Waals surface area contributed by atoms with Gasteiger partial charge >= 0.3 is 12.1 Å².